The molecule has 0 bridgehead atoms. The highest BCUT2D eigenvalue weighted by atomic mass is 16.6. The van der Waals surface area contributed by atoms with Gasteiger partial charge in [0.2, 0.25) is 5.91 Å². The van der Waals surface area contributed by atoms with Crippen LogP contribution in [0, 0.1) is 0 Å². The van der Waals surface area contributed by atoms with Crippen LogP contribution in [-0.2, 0) is 23.7 Å². The molecule has 0 saturated carbocycles. The molecule has 5 atom stereocenters. The van der Waals surface area contributed by atoms with Crippen LogP contribution in [0.25, 0.3) is 0 Å². The minimum Gasteiger partial charge on any atom is -0.388 e. The Morgan fingerprint density at radius 2 is 2.08 bits per heavy atom. The van der Waals surface area contributed by atoms with Crippen molar-refractivity contribution in [1.29, 1.82) is 0 Å². The van der Waals surface area contributed by atoms with Gasteiger partial charge in [0.25, 0.3) is 0 Å². The number of amides is 1. The van der Waals surface area contributed by atoms with Gasteiger partial charge in [0.15, 0.2) is 0 Å². The summed E-state index contributed by atoms with van der Waals surface area (Å²) in [4.78, 5) is 11.8. The average Bonchev–Trinajstić information content (AvgIpc) is 3.13. The van der Waals surface area contributed by atoms with Gasteiger partial charge in [0.1, 0.15) is 12.2 Å². The molecule has 0 aromatic carbocycles. The lowest BCUT2D eigenvalue weighted by Crippen LogP contribution is -2.44. The molecule has 3 rings (SSSR count). The SMILES string of the molecule is COCCNC(=O)CC1CC2OC(CNC3CCOCC3)C(O)C2O1. The van der Waals surface area contributed by atoms with Crippen molar-refractivity contribution >= 4 is 5.91 Å². The molecule has 144 valence electrons. The molecule has 25 heavy (non-hydrogen) atoms. The summed E-state index contributed by atoms with van der Waals surface area (Å²) in [7, 11) is 1.60. The second-order valence-corrected chi connectivity index (χ2v) is 7.00. The lowest BCUT2D eigenvalue weighted by molar-refractivity contribution is -0.125. The van der Waals surface area contributed by atoms with Crippen LogP contribution in [0.1, 0.15) is 25.7 Å². The van der Waals surface area contributed by atoms with Crippen LogP contribution in [-0.4, -0.2) is 87.6 Å². The number of hydrogen-bond donors (Lipinski definition) is 3. The van der Waals surface area contributed by atoms with Crippen LogP contribution >= 0.6 is 0 Å². The lowest BCUT2D eigenvalue weighted by atomic mass is 10.1. The van der Waals surface area contributed by atoms with Gasteiger partial charge in [-0.05, 0) is 12.8 Å². The zero-order valence-electron chi connectivity index (χ0n) is 14.8. The molecule has 0 aromatic heterocycles. The monoisotopic (exact) mass is 358 g/mol. The van der Waals surface area contributed by atoms with E-state index in [1.807, 2.05) is 0 Å². The van der Waals surface area contributed by atoms with Crippen LogP contribution in [0.5, 0.6) is 0 Å². The molecular weight excluding hydrogens is 328 g/mol. The third kappa shape index (κ3) is 5.12. The summed E-state index contributed by atoms with van der Waals surface area (Å²) in [5, 5.41) is 16.7. The van der Waals surface area contributed by atoms with Crippen LogP contribution in [0.3, 0.4) is 0 Å². The molecule has 3 fully saturated rings. The van der Waals surface area contributed by atoms with Crippen LogP contribution < -0.4 is 10.6 Å². The molecule has 1 amide bonds. The van der Waals surface area contributed by atoms with Crippen molar-refractivity contribution in [3.8, 4) is 0 Å². The standard InChI is InChI=1S/C17H30N2O6/c1-22-7-4-18-15(20)9-12-8-13-17(24-12)16(21)14(25-13)10-19-11-2-5-23-6-3-11/h11-14,16-17,19,21H,2-10H2,1H3,(H,18,20). The van der Waals surface area contributed by atoms with Gasteiger partial charge in [-0.15, -0.1) is 0 Å². The van der Waals surface area contributed by atoms with Crippen molar-refractivity contribution < 1.29 is 28.8 Å². The Bertz CT molecular complexity index is 431. The number of aliphatic hydroxyl groups is 1. The molecule has 0 spiro atoms. The molecule has 8 nitrogen and oxygen atoms in total. The molecule has 8 heteroatoms. The predicted molar refractivity (Wildman–Crippen MR) is 89.3 cm³/mol. The van der Waals surface area contributed by atoms with Crippen molar-refractivity contribution in [3.05, 3.63) is 0 Å². The van der Waals surface area contributed by atoms with Gasteiger partial charge in [-0.25, -0.2) is 0 Å². The van der Waals surface area contributed by atoms with E-state index in [2.05, 4.69) is 10.6 Å². The fourth-order valence-corrected chi connectivity index (χ4v) is 3.76. The Morgan fingerprint density at radius 1 is 1.28 bits per heavy atom. The molecule has 3 aliphatic heterocycles. The maximum absolute atomic E-state index is 11.8. The van der Waals surface area contributed by atoms with Gasteiger partial charge < -0.3 is 34.7 Å². The van der Waals surface area contributed by atoms with Gasteiger partial charge >= 0.3 is 0 Å². The highest BCUT2D eigenvalue weighted by Gasteiger charge is 2.50. The van der Waals surface area contributed by atoms with Crippen LogP contribution in [0.15, 0.2) is 0 Å². The van der Waals surface area contributed by atoms with Crippen molar-refractivity contribution in [2.24, 2.45) is 0 Å². The van der Waals surface area contributed by atoms with Gasteiger partial charge in [-0.2, -0.15) is 0 Å². The second kappa shape index (κ2) is 9.25. The smallest absolute Gasteiger partial charge is 0.222 e. The first kappa shape index (κ1) is 19.0. The van der Waals surface area contributed by atoms with E-state index < -0.39 is 6.10 Å². The number of ether oxygens (including phenoxy) is 4. The van der Waals surface area contributed by atoms with Crippen molar-refractivity contribution in [3.63, 3.8) is 0 Å². The van der Waals surface area contributed by atoms with E-state index >= 15 is 0 Å². The Balaban J connectivity index is 1.37. The molecule has 3 aliphatic rings. The van der Waals surface area contributed by atoms with Gasteiger partial charge in [-0.1, -0.05) is 0 Å². The summed E-state index contributed by atoms with van der Waals surface area (Å²) in [5.41, 5.74) is 0. The molecule has 0 aromatic rings. The molecule has 0 aliphatic carbocycles. The number of methoxy groups -OCH3 is 1. The zero-order chi connectivity index (χ0) is 17.6. The van der Waals surface area contributed by atoms with Crippen LogP contribution in [0.4, 0.5) is 0 Å². The third-order valence-corrected chi connectivity index (χ3v) is 5.15. The average molecular weight is 358 g/mol. The number of aliphatic hydroxyl groups excluding tert-OH is 1. The number of fused-ring (bicyclic) bond motifs is 1. The quantitative estimate of drug-likeness (QED) is 0.488. The van der Waals surface area contributed by atoms with Gasteiger partial charge in [-0.3, -0.25) is 4.79 Å². The summed E-state index contributed by atoms with van der Waals surface area (Å²) in [6, 6.07) is 0.425. The van der Waals surface area contributed by atoms with E-state index in [-0.39, 0.29) is 36.7 Å². The largest absolute Gasteiger partial charge is 0.388 e. The van der Waals surface area contributed by atoms with Crippen molar-refractivity contribution in [2.45, 2.75) is 62.2 Å². The molecule has 5 unspecified atom stereocenters. The van der Waals surface area contributed by atoms with E-state index in [1.165, 1.54) is 0 Å². The maximum atomic E-state index is 11.8. The lowest BCUT2D eigenvalue weighted by Gasteiger charge is -2.26. The second-order valence-electron chi connectivity index (χ2n) is 7.00. The Kier molecular flexibility index (Phi) is 7.03. The predicted octanol–water partition coefficient (Wildman–Crippen LogP) is -0.806. The maximum Gasteiger partial charge on any atom is 0.222 e. The van der Waals surface area contributed by atoms with E-state index in [1.54, 1.807) is 7.11 Å². The molecular formula is C17H30N2O6. The first-order chi connectivity index (χ1) is 12.2. The fraction of sp³-hybridized carbons (Fsp3) is 0.941. The Labute approximate surface area is 148 Å². The Hall–Kier alpha value is -0.770. The highest BCUT2D eigenvalue weighted by Crippen LogP contribution is 2.35. The number of rotatable bonds is 8. The summed E-state index contributed by atoms with van der Waals surface area (Å²) in [6.07, 6.45) is 1.35. The van der Waals surface area contributed by atoms with Gasteiger partial charge in [0.05, 0.1) is 31.3 Å². The summed E-state index contributed by atoms with van der Waals surface area (Å²) in [5.74, 6) is -0.0609. The molecule has 3 N–H and O–H groups in total. The van der Waals surface area contributed by atoms with Crippen molar-refractivity contribution in [2.75, 3.05) is 40.0 Å². The normalized spacial score (nSPS) is 35.7. The summed E-state index contributed by atoms with van der Waals surface area (Å²) < 4.78 is 22.1. The summed E-state index contributed by atoms with van der Waals surface area (Å²) >= 11 is 0. The summed E-state index contributed by atoms with van der Waals surface area (Å²) in [6.45, 7) is 3.17. The van der Waals surface area contributed by atoms with E-state index in [4.69, 9.17) is 18.9 Å². The third-order valence-electron chi connectivity index (χ3n) is 5.15. The first-order valence-electron chi connectivity index (χ1n) is 9.23. The topological polar surface area (TPSA) is 98.3 Å². The first-order valence-corrected chi connectivity index (χ1v) is 9.23. The zero-order valence-corrected chi connectivity index (χ0v) is 14.8. The van der Waals surface area contributed by atoms with Crippen LogP contribution in [0.2, 0.25) is 0 Å². The van der Waals surface area contributed by atoms with E-state index in [9.17, 15) is 9.90 Å². The highest BCUT2D eigenvalue weighted by molar-refractivity contribution is 5.76. The fourth-order valence-electron chi connectivity index (χ4n) is 3.76. The number of carbonyl (C=O) groups excluding carboxylic acids is 1. The van der Waals surface area contributed by atoms with E-state index in [0.717, 1.165) is 26.1 Å². The Morgan fingerprint density at radius 3 is 2.80 bits per heavy atom. The minimum atomic E-state index is -0.654. The number of carbonyl (C=O) groups is 1. The number of hydrogen-bond acceptors (Lipinski definition) is 7. The molecule has 3 heterocycles. The minimum absolute atomic E-state index is 0.0609. The van der Waals surface area contributed by atoms with Gasteiger partial charge in [0, 0.05) is 45.9 Å². The van der Waals surface area contributed by atoms with E-state index in [0.29, 0.717) is 32.2 Å². The molecule has 0 radical (unpaired) electrons. The number of nitrogens with one attached hydrogen (secondary N) is 2. The molecule has 3 saturated heterocycles. The van der Waals surface area contributed by atoms with Crippen molar-refractivity contribution in [1.82, 2.24) is 10.6 Å².